The van der Waals surface area contributed by atoms with E-state index in [9.17, 15) is 4.79 Å². The molecule has 26 heavy (non-hydrogen) atoms. The highest BCUT2D eigenvalue weighted by molar-refractivity contribution is 5.85. The van der Waals surface area contributed by atoms with Crippen LogP contribution in [0.25, 0.3) is 0 Å². The van der Waals surface area contributed by atoms with E-state index in [1.54, 1.807) is 0 Å². The predicted molar refractivity (Wildman–Crippen MR) is 112 cm³/mol. The Kier molecular flexibility index (Phi) is 10.2. The maximum Gasteiger partial charge on any atom is 0.223 e. The monoisotopic (exact) mass is 408 g/mol. The number of carbonyl (C=O) groups excluding carboxylic acids is 1. The number of nitrogens with one attached hydrogen (secondary N) is 1. The molecule has 2 bridgehead atoms. The Morgan fingerprint density at radius 3 is 2.19 bits per heavy atom. The second-order valence-electron chi connectivity index (χ2n) is 8.52. The fourth-order valence-electron chi connectivity index (χ4n) is 5.14. The molecule has 0 aromatic rings. The molecule has 154 valence electrons. The normalized spacial score (nSPS) is 32.5. The van der Waals surface area contributed by atoms with E-state index < -0.39 is 0 Å². The average Bonchev–Trinajstić information content (AvgIpc) is 2.55. The van der Waals surface area contributed by atoms with Crippen LogP contribution < -0.4 is 11.1 Å². The van der Waals surface area contributed by atoms with E-state index in [-0.39, 0.29) is 36.6 Å². The van der Waals surface area contributed by atoms with Crippen molar-refractivity contribution < 1.29 is 4.79 Å². The van der Waals surface area contributed by atoms with E-state index >= 15 is 0 Å². The van der Waals surface area contributed by atoms with Crippen LogP contribution in [0.1, 0.15) is 44.9 Å². The smallest absolute Gasteiger partial charge is 0.223 e. The zero-order valence-corrected chi connectivity index (χ0v) is 18.0. The Balaban J connectivity index is 0.00000169. The zero-order chi connectivity index (χ0) is 17.1. The maximum atomic E-state index is 12.5. The van der Waals surface area contributed by atoms with Crippen LogP contribution in [0.15, 0.2) is 0 Å². The van der Waals surface area contributed by atoms with Crippen molar-refractivity contribution in [3.05, 3.63) is 0 Å². The first-order chi connectivity index (χ1) is 11.5. The van der Waals surface area contributed by atoms with Gasteiger partial charge in [-0.2, -0.15) is 0 Å². The van der Waals surface area contributed by atoms with Gasteiger partial charge in [0.2, 0.25) is 5.91 Å². The number of fused-ring (bicyclic) bond motifs is 2. The molecule has 2 unspecified atom stereocenters. The molecule has 3 N–H and O–H groups in total. The van der Waals surface area contributed by atoms with Gasteiger partial charge in [0.1, 0.15) is 0 Å². The molecular formula is C19H38Cl2N4O. The van der Waals surface area contributed by atoms with Gasteiger partial charge in [0.05, 0.1) is 0 Å². The van der Waals surface area contributed by atoms with E-state index in [2.05, 4.69) is 29.2 Å². The molecule has 5 nitrogen and oxygen atoms in total. The van der Waals surface area contributed by atoms with Crippen molar-refractivity contribution in [2.45, 2.75) is 57.0 Å². The molecule has 1 saturated heterocycles. The topological polar surface area (TPSA) is 61.6 Å². The van der Waals surface area contributed by atoms with Gasteiger partial charge < -0.3 is 20.9 Å². The van der Waals surface area contributed by atoms with Gasteiger partial charge in [-0.25, -0.2) is 0 Å². The number of hydrogen-bond acceptors (Lipinski definition) is 4. The fraction of sp³-hybridized carbons (Fsp3) is 0.947. The number of nitrogens with zero attached hydrogens (tertiary/aromatic N) is 2. The molecule has 0 radical (unpaired) electrons. The van der Waals surface area contributed by atoms with E-state index in [0.29, 0.717) is 17.9 Å². The number of nitrogens with two attached hydrogens (primary N) is 1. The predicted octanol–water partition coefficient (Wildman–Crippen LogP) is 2.13. The molecular weight excluding hydrogens is 371 g/mol. The van der Waals surface area contributed by atoms with Gasteiger partial charge in [0.25, 0.3) is 0 Å². The van der Waals surface area contributed by atoms with Crippen LogP contribution in [0.2, 0.25) is 0 Å². The second-order valence-corrected chi connectivity index (χ2v) is 8.52. The number of piperidine rings is 1. The van der Waals surface area contributed by atoms with Gasteiger partial charge in [0, 0.05) is 31.1 Å². The minimum absolute atomic E-state index is 0. The number of carbonyl (C=O) groups is 1. The molecule has 7 heteroatoms. The lowest BCUT2D eigenvalue weighted by Gasteiger charge is -2.43. The Morgan fingerprint density at radius 1 is 1.08 bits per heavy atom. The molecule has 1 aliphatic heterocycles. The molecule has 3 fully saturated rings. The molecule has 2 aliphatic carbocycles. The van der Waals surface area contributed by atoms with Crippen molar-refractivity contribution in [3.8, 4) is 0 Å². The number of rotatable bonds is 5. The Morgan fingerprint density at radius 2 is 1.65 bits per heavy atom. The van der Waals surface area contributed by atoms with Crippen molar-refractivity contribution in [2.75, 3.05) is 40.3 Å². The summed E-state index contributed by atoms with van der Waals surface area (Å²) in [5, 5.41) is 3.21. The number of likely N-dealkylation sites (tertiary alicyclic amines) is 1. The molecule has 1 amide bonds. The highest BCUT2D eigenvalue weighted by atomic mass is 35.5. The first-order valence-corrected chi connectivity index (χ1v) is 9.96. The maximum absolute atomic E-state index is 12.5. The summed E-state index contributed by atoms with van der Waals surface area (Å²) >= 11 is 0. The minimum Gasteiger partial charge on any atom is -0.355 e. The molecule has 2 atom stereocenters. The van der Waals surface area contributed by atoms with Crippen LogP contribution in [0, 0.1) is 17.8 Å². The summed E-state index contributed by atoms with van der Waals surface area (Å²) in [6.07, 6.45) is 8.26. The van der Waals surface area contributed by atoms with Crippen molar-refractivity contribution in [3.63, 3.8) is 0 Å². The molecule has 0 spiro atoms. The number of halogens is 2. The van der Waals surface area contributed by atoms with Crippen molar-refractivity contribution >= 4 is 30.7 Å². The molecule has 1 heterocycles. The summed E-state index contributed by atoms with van der Waals surface area (Å²) in [6.45, 7) is 4.09. The third-order valence-corrected chi connectivity index (χ3v) is 6.80. The van der Waals surface area contributed by atoms with Crippen LogP contribution >= 0.6 is 24.8 Å². The average molecular weight is 409 g/mol. The lowest BCUT2D eigenvalue weighted by molar-refractivity contribution is -0.127. The van der Waals surface area contributed by atoms with Gasteiger partial charge in [-0.05, 0) is 77.5 Å². The van der Waals surface area contributed by atoms with Crippen molar-refractivity contribution in [1.29, 1.82) is 0 Å². The molecule has 0 aromatic heterocycles. The number of hydrogen-bond donors (Lipinski definition) is 2. The molecule has 0 aromatic carbocycles. The van der Waals surface area contributed by atoms with E-state index in [1.807, 2.05) is 0 Å². The fourth-order valence-corrected chi connectivity index (χ4v) is 5.14. The lowest BCUT2D eigenvalue weighted by atomic mass is 9.65. The van der Waals surface area contributed by atoms with Crippen LogP contribution in [-0.2, 0) is 4.79 Å². The van der Waals surface area contributed by atoms with E-state index in [0.717, 1.165) is 45.1 Å². The van der Waals surface area contributed by atoms with Gasteiger partial charge in [-0.3, -0.25) is 4.79 Å². The summed E-state index contributed by atoms with van der Waals surface area (Å²) in [6, 6.07) is 1.07. The highest BCUT2D eigenvalue weighted by Gasteiger charge is 2.40. The molecule has 3 rings (SSSR count). The van der Waals surface area contributed by atoms with Crippen LogP contribution in [0.4, 0.5) is 0 Å². The molecule has 3 aliphatic rings. The lowest BCUT2D eigenvalue weighted by Crippen LogP contribution is -2.50. The highest BCUT2D eigenvalue weighted by Crippen LogP contribution is 2.41. The summed E-state index contributed by atoms with van der Waals surface area (Å²) < 4.78 is 0. The summed E-state index contributed by atoms with van der Waals surface area (Å²) in [4.78, 5) is 17.4. The largest absolute Gasteiger partial charge is 0.355 e. The summed E-state index contributed by atoms with van der Waals surface area (Å²) in [7, 11) is 4.35. The second kappa shape index (κ2) is 11.1. The van der Waals surface area contributed by atoms with Gasteiger partial charge >= 0.3 is 0 Å². The van der Waals surface area contributed by atoms with Gasteiger partial charge in [-0.1, -0.05) is 6.42 Å². The first kappa shape index (κ1) is 24.0. The van der Waals surface area contributed by atoms with Gasteiger partial charge in [0.15, 0.2) is 0 Å². The summed E-state index contributed by atoms with van der Waals surface area (Å²) in [5.41, 5.74) is 6.33. The Labute approximate surface area is 171 Å². The first-order valence-electron chi connectivity index (χ1n) is 9.96. The minimum atomic E-state index is 0. The van der Waals surface area contributed by atoms with E-state index in [4.69, 9.17) is 5.73 Å². The Hall–Kier alpha value is -0.0700. The third-order valence-electron chi connectivity index (χ3n) is 6.80. The van der Waals surface area contributed by atoms with Gasteiger partial charge in [-0.15, -0.1) is 24.8 Å². The number of amides is 1. The van der Waals surface area contributed by atoms with Crippen molar-refractivity contribution in [1.82, 2.24) is 15.1 Å². The van der Waals surface area contributed by atoms with Crippen LogP contribution in [0.5, 0.6) is 0 Å². The van der Waals surface area contributed by atoms with Crippen molar-refractivity contribution in [2.24, 2.45) is 23.5 Å². The van der Waals surface area contributed by atoms with E-state index in [1.165, 1.54) is 32.1 Å². The molecule has 2 saturated carbocycles. The quantitative estimate of drug-likeness (QED) is 0.730. The van der Waals surface area contributed by atoms with Crippen LogP contribution in [0.3, 0.4) is 0 Å². The SMILES string of the molecule is CN(C)C1CCN(CCNC(=O)C2CC3CCCC(C2)C3N)CC1.Cl.Cl. The Bertz CT molecular complexity index is 416. The standard InChI is InChI=1S/C19H36N4O.2ClH/c1-22(2)17-6-9-23(10-7-17)11-8-21-19(24)16-12-14-4-3-5-15(13-16)18(14)20;;/h14-18H,3-13,20H2,1-2H3,(H,21,24);2*1H. The summed E-state index contributed by atoms with van der Waals surface area (Å²) in [5.74, 6) is 1.65. The van der Waals surface area contributed by atoms with Crippen LogP contribution in [-0.4, -0.2) is 68.1 Å². The zero-order valence-electron chi connectivity index (χ0n) is 16.4. The third kappa shape index (κ3) is 5.96.